The molecular weight excluding hydrogens is 242 g/mol. The van der Waals surface area contributed by atoms with Crippen LogP contribution >= 0.6 is 0 Å². The van der Waals surface area contributed by atoms with Crippen molar-refractivity contribution in [1.82, 2.24) is 15.2 Å². The normalized spacial score (nSPS) is 24.2. The molecule has 0 amide bonds. The summed E-state index contributed by atoms with van der Waals surface area (Å²) in [5.41, 5.74) is 6.04. The van der Waals surface area contributed by atoms with Gasteiger partial charge in [0.1, 0.15) is 6.61 Å². The second-order valence-electron chi connectivity index (χ2n) is 5.98. The zero-order chi connectivity index (χ0) is 13.9. The van der Waals surface area contributed by atoms with Crippen LogP contribution in [0.2, 0.25) is 0 Å². The number of hydrogen-bond donors (Lipinski definition) is 2. The lowest BCUT2D eigenvalue weighted by Gasteiger charge is -2.39. The molecule has 0 aromatic carbocycles. The molecular formula is C13H25N5O. The number of aromatic amines is 1. The molecule has 1 aliphatic rings. The number of aromatic nitrogens is 3. The average molecular weight is 267 g/mol. The monoisotopic (exact) mass is 267 g/mol. The van der Waals surface area contributed by atoms with Crippen LogP contribution in [0.4, 0.5) is 5.95 Å². The maximum atomic E-state index is 5.87. The second-order valence-corrected chi connectivity index (χ2v) is 5.98. The Morgan fingerprint density at radius 1 is 1.53 bits per heavy atom. The van der Waals surface area contributed by atoms with E-state index in [1.165, 1.54) is 6.42 Å². The zero-order valence-corrected chi connectivity index (χ0v) is 12.1. The zero-order valence-electron chi connectivity index (χ0n) is 12.1. The Morgan fingerprint density at radius 2 is 2.32 bits per heavy atom. The molecule has 1 aliphatic heterocycles. The van der Waals surface area contributed by atoms with Crippen molar-refractivity contribution in [2.24, 2.45) is 11.1 Å². The summed E-state index contributed by atoms with van der Waals surface area (Å²) in [7, 11) is 0. The highest BCUT2D eigenvalue weighted by Crippen LogP contribution is 2.29. The minimum atomic E-state index is 0.174. The topological polar surface area (TPSA) is 80.1 Å². The molecule has 0 saturated carbocycles. The number of piperidine rings is 1. The van der Waals surface area contributed by atoms with E-state index in [-0.39, 0.29) is 11.5 Å². The van der Waals surface area contributed by atoms with E-state index >= 15 is 0 Å². The lowest BCUT2D eigenvalue weighted by Crippen LogP contribution is -2.46. The van der Waals surface area contributed by atoms with E-state index < -0.39 is 0 Å². The molecule has 2 rings (SSSR count). The SMILES string of the molecule is CC(C)OCc1nc(N2CCCC(C)(CN)C2)n[nH]1. The number of nitrogens with two attached hydrogens (primary N) is 1. The third-order valence-electron chi connectivity index (χ3n) is 3.63. The standard InChI is InChI=1S/C13H25N5O/c1-10(2)19-7-11-15-12(17-16-11)18-6-4-5-13(3,8-14)9-18/h10H,4-9,14H2,1-3H3,(H,15,16,17). The molecule has 19 heavy (non-hydrogen) atoms. The van der Waals surface area contributed by atoms with Gasteiger partial charge in [0.05, 0.1) is 6.10 Å². The number of nitrogens with zero attached hydrogens (tertiary/aromatic N) is 3. The predicted octanol–water partition coefficient (Wildman–Crippen LogP) is 1.29. The van der Waals surface area contributed by atoms with E-state index in [0.717, 1.165) is 31.3 Å². The summed E-state index contributed by atoms with van der Waals surface area (Å²) >= 11 is 0. The van der Waals surface area contributed by atoms with Crippen LogP contribution in [0.1, 0.15) is 39.4 Å². The van der Waals surface area contributed by atoms with Crippen molar-refractivity contribution in [2.45, 2.75) is 46.3 Å². The van der Waals surface area contributed by atoms with Crippen molar-refractivity contribution in [1.29, 1.82) is 0 Å². The Bertz CT molecular complexity index is 405. The largest absolute Gasteiger partial charge is 0.371 e. The molecule has 1 aromatic heterocycles. The van der Waals surface area contributed by atoms with Gasteiger partial charge < -0.3 is 15.4 Å². The number of anilines is 1. The van der Waals surface area contributed by atoms with Crippen LogP contribution in [0, 0.1) is 5.41 Å². The first-order valence-corrected chi connectivity index (χ1v) is 7.00. The number of H-pyrrole nitrogens is 1. The minimum Gasteiger partial charge on any atom is -0.371 e. The van der Waals surface area contributed by atoms with Gasteiger partial charge in [-0.3, -0.25) is 5.10 Å². The highest BCUT2D eigenvalue weighted by atomic mass is 16.5. The number of nitrogens with one attached hydrogen (secondary N) is 1. The quantitative estimate of drug-likeness (QED) is 0.840. The highest BCUT2D eigenvalue weighted by Gasteiger charge is 2.31. The molecule has 1 saturated heterocycles. The van der Waals surface area contributed by atoms with Crippen molar-refractivity contribution in [3.8, 4) is 0 Å². The first kappa shape index (κ1) is 14.3. The highest BCUT2D eigenvalue weighted by molar-refractivity contribution is 5.30. The van der Waals surface area contributed by atoms with Gasteiger partial charge in [0.15, 0.2) is 5.82 Å². The van der Waals surface area contributed by atoms with Crippen molar-refractivity contribution in [3.63, 3.8) is 0 Å². The van der Waals surface area contributed by atoms with Crippen LogP contribution < -0.4 is 10.6 Å². The molecule has 0 radical (unpaired) electrons. The molecule has 6 nitrogen and oxygen atoms in total. The maximum Gasteiger partial charge on any atom is 0.244 e. The third kappa shape index (κ3) is 3.67. The second kappa shape index (κ2) is 5.88. The molecule has 1 atom stereocenters. The van der Waals surface area contributed by atoms with E-state index in [1.807, 2.05) is 13.8 Å². The molecule has 2 heterocycles. The summed E-state index contributed by atoms with van der Waals surface area (Å²) in [5, 5.41) is 7.23. The molecule has 3 N–H and O–H groups in total. The van der Waals surface area contributed by atoms with Gasteiger partial charge in [-0.25, -0.2) is 0 Å². The van der Waals surface area contributed by atoms with E-state index in [4.69, 9.17) is 10.5 Å². The maximum absolute atomic E-state index is 5.87. The summed E-state index contributed by atoms with van der Waals surface area (Å²) in [6, 6.07) is 0. The molecule has 0 aliphatic carbocycles. The van der Waals surface area contributed by atoms with E-state index in [9.17, 15) is 0 Å². The van der Waals surface area contributed by atoms with Gasteiger partial charge in [-0.15, -0.1) is 5.10 Å². The van der Waals surface area contributed by atoms with Crippen LogP contribution in [0.15, 0.2) is 0 Å². The van der Waals surface area contributed by atoms with Crippen LogP contribution in [-0.4, -0.2) is 40.9 Å². The van der Waals surface area contributed by atoms with Crippen LogP contribution in [0.5, 0.6) is 0 Å². The summed E-state index contributed by atoms with van der Waals surface area (Å²) in [6.45, 7) is 9.35. The van der Waals surface area contributed by atoms with E-state index in [0.29, 0.717) is 13.2 Å². The number of rotatable bonds is 5. The Labute approximate surface area is 114 Å². The van der Waals surface area contributed by atoms with E-state index in [2.05, 4.69) is 27.0 Å². The number of hydrogen-bond acceptors (Lipinski definition) is 5. The van der Waals surface area contributed by atoms with Gasteiger partial charge >= 0.3 is 0 Å². The molecule has 6 heteroatoms. The Balaban J connectivity index is 1.98. The number of ether oxygens (including phenoxy) is 1. The van der Waals surface area contributed by atoms with Crippen molar-refractivity contribution in [3.05, 3.63) is 5.82 Å². The van der Waals surface area contributed by atoms with Crippen LogP contribution in [0.3, 0.4) is 0 Å². The summed E-state index contributed by atoms with van der Waals surface area (Å²) < 4.78 is 5.52. The minimum absolute atomic E-state index is 0.174. The molecule has 108 valence electrons. The van der Waals surface area contributed by atoms with Gasteiger partial charge in [-0.1, -0.05) is 6.92 Å². The molecule has 1 fully saturated rings. The Kier molecular flexibility index (Phi) is 4.42. The van der Waals surface area contributed by atoms with E-state index in [1.54, 1.807) is 0 Å². The smallest absolute Gasteiger partial charge is 0.244 e. The Morgan fingerprint density at radius 3 is 3.00 bits per heavy atom. The molecule has 1 unspecified atom stereocenters. The molecule has 1 aromatic rings. The summed E-state index contributed by atoms with van der Waals surface area (Å²) in [6.07, 6.45) is 2.51. The molecule has 0 spiro atoms. The van der Waals surface area contributed by atoms with Crippen molar-refractivity contribution >= 4 is 5.95 Å². The van der Waals surface area contributed by atoms with Crippen molar-refractivity contribution < 1.29 is 4.74 Å². The summed E-state index contributed by atoms with van der Waals surface area (Å²) in [5.74, 6) is 1.55. The first-order chi connectivity index (χ1) is 9.02. The van der Waals surface area contributed by atoms with Gasteiger partial charge in [0.25, 0.3) is 0 Å². The van der Waals surface area contributed by atoms with Crippen LogP contribution in [-0.2, 0) is 11.3 Å². The fourth-order valence-corrected chi connectivity index (χ4v) is 2.39. The lowest BCUT2D eigenvalue weighted by atomic mass is 9.82. The van der Waals surface area contributed by atoms with Gasteiger partial charge in [-0.2, -0.15) is 4.98 Å². The molecule has 0 bridgehead atoms. The van der Waals surface area contributed by atoms with Crippen LogP contribution in [0.25, 0.3) is 0 Å². The average Bonchev–Trinajstić information content (AvgIpc) is 2.85. The fourth-order valence-electron chi connectivity index (χ4n) is 2.39. The van der Waals surface area contributed by atoms with Crippen molar-refractivity contribution in [2.75, 3.05) is 24.5 Å². The first-order valence-electron chi connectivity index (χ1n) is 7.00. The Hall–Kier alpha value is -1.14. The third-order valence-corrected chi connectivity index (χ3v) is 3.63. The lowest BCUT2D eigenvalue weighted by molar-refractivity contribution is 0.0615. The van der Waals surface area contributed by atoms with Gasteiger partial charge in [0.2, 0.25) is 5.95 Å². The fraction of sp³-hybridized carbons (Fsp3) is 0.846. The predicted molar refractivity (Wildman–Crippen MR) is 74.9 cm³/mol. The summed E-state index contributed by atoms with van der Waals surface area (Å²) in [4.78, 5) is 6.71. The van der Waals surface area contributed by atoms with Gasteiger partial charge in [0, 0.05) is 13.1 Å². The van der Waals surface area contributed by atoms with Gasteiger partial charge in [-0.05, 0) is 38.6 Å².